The molecule has 0 radical (unpaired) electrons. The molecule has 0 atom stereocenters. The molecule has 0 aromatic heterocycles. The van der Waals surface area contributed by atoms with Crippen LogP contribution in [0.5, 0.6) is 0 Å². The third kappa shape index (κ3) is 2.41. The maximum atomic E-state index is 11.3. The molecule has 0 saturated carbocycles. The number of rotatable bonds is 3. The highest BCUT2D eigenvalue weighted by Gasteiger charge is 2.36. The van der Waals surface area contributed by atoms with E-state index in [-0.39, 0.29) is 5.92 Å². The summed E-state index contributed by atoms with van der Waals surface area (Å²) in [6.07, 6.45) is 0. The van der Waals surface area contributed by atoms with Crippen molar-refractivity contribution >= 4 is 49.6 Å². The van der Waals surface area contributed by atoms with Crippen LogP contribution in [0.3, 0.4) is 0 Å². The van der Waals surface area contributed by atoms with Gasteiger partial charge < -0.3 is 4.74 Å². The zero-order valence-corrected chi connectivity index (χ0v) is 17.9. The van der Waals surface area contributed by atoms with E-state index < -0.39 is 0 Å². The fraction of sp³-hybridized carbons (Fsp3) is 0.0645. The first kappa shape index (κ1) is 18.4. The number of carbonyl (C=O) groups is 1. The summed E-state index contributed by atoms with van der Waals surface area (Å²) in [7, 11) is 0. The van der Waals surface area contributed by atoms with Crippen molar-refractivity contribution in [1.82, 2.24) is 0 Å². The molecule has 0 saturated heterocycles. The molecule has 2 heteroatoms. The van der Waals surface area contributed by atoms with E-state index in [2.05, 4.69) is 97.1 Å². The average Bonchev–Trinajstić information content (AvgIpc) is 3.24. The third-order valence-corrected chi connectivity index (χ3v) is 7.22. The minimum atomic E-state index is -0.0239. The molecule has 0 heterocycles. The molecule has 0 fully saturated rings. The van der Waals surface area contributed by atoms with Crippen molar-refractivity contribution in [2.24, 2.45) is 0 Å². The van der Waals surface area contributed by atoms with E-state index in [1.54, 1.807) is 0 Å². The van der Waals surface area contributed by atoms with E-state index in [9.17, 15) is 4.79 Å². The van der Waals surface area contributed by atoms with E-state index in [1.807, 2.05) is 0 Å². The maximum Gasteiger partial charge on any atom is 0.293 e. The first-order chi connectivity index (χ1) is 16.4. The van der Waals surface area contributed by atoms with Crippen LogP contribution in [-0.2, 0) is 9.53 Å². The van der Waals surface area contributed by atoms with Crippen LogP contribution in [0.2, 0.25) is 0 Å². The fourth-order valence-electron chi connectivity index (χ4n) is 6.05. The largest absolute Gasteiger partial charge is 0.467 e. The summed E-state index contributed by atoms with van der Waals surface area (Å²) in [6.45, 7) is 0.901. The van der Waals surface area contributed by atoms with Crippen LogP contribution in [0.25, 0.3) is 54.2 Å². The minimum absolute atomic E-state index is 0.0239. The molecule has 6 aromatic rings. The number of hydrogen-bond donors (Lipinski definition) is 0. The molecule has 33 heavy (non-hydrogen) atoms. The summed E-state index contributed by atoms with van der Waals surface area (Å²) in [6, 6.07) is 34.6. The lowest BCUT2D eigenvalue weighted by Gasteiger charge is -2.17. The highest BCUT2D eigenvalue weighted by molar-refractivity contribution is 6.25. The lowest BCUT2D eigenvalue weighted by Crippen LogP contribution is -2.07. The summed E-state index contributed by atoms with van der Waals surface area (Å²) in [5.74, 6) is -0.0239. The van der Waals surface area contributed by atoms with Crippen LogP contribution < -0.4 is 0 Å². The van der Waals surface area contributed by atoms with Crippen LogP contribution in [0.1, 0.15) is 17.0 Å². The number of fused-ring (bicyclic) bond motifs is 13. The molecule has 1 aliphatic carbocycles. The SMILES string of the molecule is O=COCC1c2c(c3ccccc3c3ccccc23)-c2c1c1ccccc1c1ccccc21. The summed E-state index contributed by atoms with van der Waals surface area (Å²) in [5, 5.41) is 9.96. The molecule has 1 aliphatic rings. The van der Waals surface area contributed by atoms with Gasteiger partial charge in [0, 0.05) is 5.92 Å². The predicted molar refractivity (Wildman–Crippen MR) is 136 cm³/mol. The second kappa shape index (κ2) is 6.91. The smallest absolute Gasteiger partial charge is 0.293 e. The van der Waals surface area contributed by atoms with Gasteiger partial charge in [0.05, 0.1) is 0 Å². The maximum absolute atomic E-state index is 11.3. The first-order valence-electron chi connectivity index (χ1n) is 11.3. The Hall–Kier alpha value is -4.17. The Bertz CT molecular complexity index is 1620. The predicted octanol–water partition coefficient (Wildman–Crippen LogP) is 7.58. The van der Waals surface area contributed by atoms with E-state index in [1.165, 1.54) is 65.3 Å². The van der Waals surface area contributed by atoms with Crippen molar-refractivity contribution in [3.63, 3.8) is 0 Å². The lowest BCUT2D eigenvalue weighted by atomic mass is 9.88. The summed E-state index contributed by atoms with van der Waals surface area (Å²) in [5.41, 5.74) is 5.09. The number of hydrogen-bond acceptors (Lipinski definition) is 2. The molecule has 0 unspecified atom stereocenters. The third-order valence-electron chi connectivity index (χ3n) is 7.22. The van der Waals surface area contributed by atoms with Gasteiger partial charge in [-0.25, -0.2) is 0 Å². The van der Waals surface area contributed by atoms with Crippen LogP contribution in [-0.4, -0.2) is 13.1 Å². The zero-order chi connectivity index (χ0) is 21.9. The molecule has 156 valence electrons. The Balaban J connectivity index is 1.78. The fourth-order valence-corrected chi connectivity index (χ4v) is 6.05. The van der Waals surface area contributed by atoms with Crippen molar-refractivity contribution in [2.45, 2.75) is 5.92 Å². The quantitative estimate of drug-likeness (QED) is 0.216. The molecule has 0 N–H and O–H groups in total. The van der Waals surface area contributed by atoms with E-state index >= 15 is 0 Å². The van der Waals surface area contributed by atoms with Crippen LogP contribution in [0, 0.1) is 0 Å². The number of ether oxygens (including phenoxy) is 1. The second-order valence-corrected chi connectivity index (χ2v) is 8.74. The first-order valence-corrected chi connectivity index (χ1v) is 11.3. The van der Waals surface area contributed by atoms with Gasteiger partial charge in [0.15, 0.2) is 0 Å². The van der Waals surface area contributed by atoms with Gasteiger partial charge in [0.2, 0.25) is 0 Å². The minimum Gasteiger partial charge on any atom is -0.467 e. The summed E-state index contributed by atoms with van der Waals surface area (Å²) in [4.78, 5) is 11.3. The van der Waals surface area contributed by atoms with Crippen LogP contribution >= 0.6 is 0 Å². The van der Waals surface area contributed by atoms with Gasteiger partial charge in [0.25, 0.3) is 6.47 Å². The Labute approximate surface area is 191 Å². The highest BCUT2D eigenvalue weighted by Crippen LogP contribution is 2.56. The van der Waals surface area contributed by atoms with Crippen molar-refractivity contribution in [2.75, 3.05) is 6.61 Å². The van der Waals surface area contributed by atoms with Gasteiger partial charge in [-0.3, -0.25) is 4.79 Å². The van der Waals surface area contributed by atoms with E-state index in [4.69, 9.17) is 4.74 Å². The van der Waals surface area contributed by atoms with Gasteiger partial charge in [-0.1, -0.05) is 97.1 Å². The second-order valence-electron chi connectivity index (χ2n) is 8.74. The van der Waals surface area contributed by atoms with Crippen LogP contribution in [0.4, 0.5) is 0 Å². The Morgan fingerprint density at radius 1 is 0.515 bits per heavy atom. The average molecular weight is 424 g/mol. The Kier molecular flexibility index (Phi) is 3.86. The van der Waals surface area contributed by atoms with Gasteiger partial charge >= 0.3 is 0 Å². The molecule has 6 aromatic carbocycles. The normalized spacial score (nSPS) is 13.0. The lowest BCUT2D eigenvalue weighted by molar-refractivity contribution is -0.128. The molecular formula is C31H20O2. The molecule has 0 bridgehead atoms. The highest BCUT2D eigenvalue weighted by atomic mass is 16.5. The van der Waals surface area contributed by atoms with Gasteiger partial charge in [0.1, 0.15) is 6.61 Å². The van der Waals surface area contributed by atoms with E-state index in [0.29, 0.717) is 13.1 Å². The number of carbonyl (C=O) groups excluding carboxylic acids is 1. The molecule has 0 aliphatic heterocycles. The van der Waals surface area contributed by atoms with Gasteiger partial charge in [-0.15, -0.1) is 0 Å². The standard InChI is InChI=1S/C31H20O2/c32-18-33-17-27-28-23-13-5-1-9-19(23)21-11-3-7-15-25(21)30(28)31-26-16-8-4-12-22(26)20-10-2-6-14-24(20)29(27)31/h1-16,18,27H,17H2. The molecular weight excluding hydrogens is 404 g/mol. The molecule has 0 amide bonds. The Morgan fingerprint density at radius 2 is 0.848 bits per heavy atom. The monoisotopic (exact) mass is 424 g/mol. The summed E-state index contributed by atoms with van der Waals surface area (Å²) >= 11 is 0. The molecule has 7 rings (SSSR count). The van der Waals surface area contributed by atoms with E-state index in [0.717, 1.165) is 0 Å². The zero-order valence-electron chi connectivity index (χ0n) is 17.9. The topological polar surface area (TPSA) is 26.3 Å². The Morgan fingerprint density at radius 3 is 1.24 bits per heavy atom. The van der Waals surface area contributed by atoms with Gasteiger partial charge in [-0.2, -0.15) is 0 Å². The van der Waals surface area contributed by atoms with Crippen LogP contribution in [0.15, 0.2) is 97.1 Å². The van der Waals surface area contributed by atoms with Crippen molar-refractivity contribution in [1.29, 1.82) is 0 Å². The van der Waals surface area contributed by atoms with Crippen molar-refractivity contribution in [3.05, 3.63) is 108 Å². The molecule has 2 nitrogen and oxygen atoms in total. The van der Waals surface area contributed by atoms with Crippen molar-refractivity contribution in [3.8, 4) is 11.1 Å². The number of benzene rings is 6. The van der Waals surface area contributed by atoms with Gasteiger partial charge in [-0.05, 0) is 65.3 Å². The molecule has 0 spiro atoms. The summed E-state index contributed by atoms with van der Waals surface area (Å²) < 4.78 is 5.47. The van der Waals surface area contributed by atoms with Crippen molar-refractivity contribution < 1.29 is 9.53 Å².